The van der Waals surface area contributed by atoms with Crippen LogP contribution in [0.1, 0.15) is 5.56 Å². The van der Waals surface area contributed by atoms with Gasteiger partial charge in [0, 0.05) is 5.25 Å². The number of ether oxygens (including phenoxy) is 1. The first-order chi connectivity index (χ1) is 9.68. The third-order valence-electron chi connectivity index (χ3n) is 2.55. The van der Waals surface area contributed by atoms with Crippen molar-refractivity contribution in [1.29, 1.82) is 0 Å². The maximum atomic E-state index is 11.8. The van der Waals surface area contributed by atoms with Crippen LogP contribution < -0.4 is 0 Å². The van der Waals surface area contributed by atoms with Crippen molar-refractivity contribution in [2.75, 3.05) is 6.61 Å². The van der Waals surface area contributed by atoms with Crippen molar-refractivity contribution in [2.24, 2.45) is 0 Å². The van der Waals surface area contributed by atoms with Crippen molar-refractivity contribution >= 4 is 9.84 Å². The van der Waals surface area contributed by atoms with Crippen LogP contribution in [0.15, 0.2) is 65.6 Å². The van der Waals surface area contributed by atoms with Gasteiger partial charge in [0.25, 0.3) is 0 Å². The van der Waals surface area contributed by atoms with E-state index in [0.29, 0.717) is 6.61 Å². The van der Waals surface area contributed by atoms with E-state index in [4.69, 9.17) is 4.74 Å². The van der Waals surface area contributed by atoms with Crippen LogP contribution in [0.5, 0.6) is 0 Å². The zero-order chi connectivity index (χ0) is 14.3. The van der Waals surface area contributed by atoms with Gasteiger partial charge in [-0.1, -0.05) is 54.5 Å². The smallest absolute Gasteiger partial charge is 0.245 e. The number of sulfone groups is 1. The van der Waals surface area contributed by atoms with Gasteiger partial charge in [0.2, 0.25) is 9.84 Å². The van der Waals surface area contributed by atoms with Crippen LogP contribution >= 0.6 is 0 Å². The summed E-state index contributed by atoms with van der Waals surface area (Å²) in [5.41, 5.74) is 1.03. The minimum absolute atomic E-state index is 0.0843. The van der Waals surface area contributed by atoms with Gasteiger partial charge in [-0.3, -0.25) is 0 Å². The molecule has 0 radical (unpaired) electrons. The summed E-state index contributed by atoms with van der Waals surface area (Å²) in [5, 5.41) is 2.26. The first kappa shape index (κ1) is 14.3. The molecule has 0 spiro atoms. The quantitative estimate of drug-likeness (QED) is 0.493. The molecule has 0 aliphatic carbocycles. The molecule has 0 saturated carbocycles. The van der Waals surface area contributed by atoms with E-state index >= 15 is 0 Å². The summed E-state index contributed by atoms with van der Waals surface area (Å²) < 4.78 is 29.0. The van der Waals surface area contributed by atoms with Crippen molar-refractivity contribution in [3.05, 3.63) is 66.2 Å². The van der Waals surface area contributed by atoms with Crippen LogP contribution in [0.4, 0.5) is 0 Å². The summed E-state index contributed by atoms with van der Waals surface area (Å²) >= 11 is 0. The van der Waals surface area contributed by atoms with E-state index in [0.717, 1.165) is 5.56 Å². The number of benzene rings is 2. The van der Waals surface area contributed by atoms with Crippen LogP contribution in [0.3, 0.4) is 0 Å². The minimum atomic E-state index is -3.55. The fraction of sp³-hybridized carbons (Fsp3) is 0.125. The molecular formula is C16H14O3S. The maximum absolute atomic E-state index is 11.8. The van der Waals surface area contributed by atoms with Gasteiger partial charge in [0.15, 0.2) is 0 Å². The third-order valence-corrected chi connectivity index (χ3v) is 3.85. The van der Waals surface area contributed by atoms with Crippen molar-refractivity contribution in [2.45, 2.75) is 11.5 Å². The van der Waals surface area contributed by atoms with Gasteiger partial charge in [0.1, 0.15) is 6.61 Å². The Morgan fingerprint density at radius 3 is 2.15 bits per heavy atom. The summed E-state index contributed by atoms with van der Waals surface area (Å²) in [6.07, 6.45) is 0. The van der Waals surface area contributed by atoms with E-state index in [9.17, 15) is 8.42 Å². The molecular weight excluding hydrogens is 272 g/mol. The summed E-state index contributed by atoms with van der Waals surface area (Å²) in [4.78, 5) is 0.204. The Hall–Kier alpha value is -2.09. The highest BCUT2D eigenvalue weighted by molar-refractivity contribution is 7.96. The highest BCUT2D eigenvalue weighted by Crippen LogP contribution is 2.08. The van der Waals surface area contributed by atoms with E-state index in [-0.39, 0.29) is 11.5 Å². The van der Waals surface area contributed by atoms with Crippen molar-refractivity contribution in [3.63, 3.8) is 0 Å². The highest BCUT2D eigenvalue weighted by Gasteiger charge is 2.08. The van der Waals surface area contributed by atoms with Crippen LogP contribution in [-0.4, -0.2) is 15.0 Å². The second-order valence-corrected chi connectivity index (χ2v) is 5.76. The molecule has 20 heavy (non-hydrogen) atoms. The Labute approximate surface area is 119 Å². The van der Waals surface area contributed by atoms with E-state index < -0.39 is 9.84 Å². The largest absolute Gasteiger partial charge is 0.364 e. The molecule has 2 aromatic rings. The summed E-state index contributed by atoms with van der Waals surface area (Å²) in [7, 11) is -3.55. The van der Waals surface area contributed by atoms with Gasteiger partial charge in [-0.15, -0.1) is 0 Å². The van der Waals surface area contributed by atoms with Crippen LogP contribution in [-0.2, 0) is 21.2 Å². The molecule has 0 saturated heterocycles. The maximum Gasteiger partial charge on any atom is 0.245 e. The molecule has 2 rings (SSSR count). The van der Waals surface area contributed by atoms with Crippen molar-refractivity contribution in [1.82, 2.24) is 0 Å². The lowest BCUT2D eigenvalue weighted by Crippen LogP contribution is -1.98. The fourth-order valence-electron chi connectivity index (χ4n) is 1.58. The Bertz CT molecular complexity index is 696. The number of hydrogen-bond donors (Lipinski definition) is 0. The molecule has 0 atom stereocenters. The zero-order valence-corrected chi connectivity index (χ0v) is 11.6. The Morgan fingerprint density at radius 1 is 0.900 bits per heavy atom. The molecule has 102 valence electrons. The zero-order valence-electron chi connectivity index (χ0n) is 10.8. The predicted molar refractivity (Wildman–Crippen MR) is 77.5 cm³/mol. The summed E-state index contributed by atoms with van der Waals surface area (Å²) in [6.45, 7) is 0.502. The van der Waals surface area contributed by atoms with Gasteiger partial charge < -0.3 is 4.74 Å². The minimum Gasteiger partial charge on any atom is -0.364 e. The Kier molecular flexibility index (Phi) is 4.94. The van der Waals surface area contributed by atoms with Crippen molar-refractivity contribution in [3.8, 4) is 11.2 Å². The fourth-order valence-corrected chi connectivity index (χ4v) is 2.46. The first-order valence-electron chi connectivity index (χ1n) is 6.10. The van der Waals surface area contributed by atoms with Crippen LogP contribution in [0, 0.1) is 11.2 Å². The Balaban J connectivity index is 1.89. The van der Waals surface area contributed by atoms with E-state index in [1.54, 1.807) is 18.2 Å². The standard InChI is InChI=1S/C16H14O3S/c17-20(18,16-10-5-2-6-11-16)13-7-12-19-14-15-8-3-1-4-9-15/h1-6,8-11H,12,14H2. The third kappa shape index (κ3) is 4.23. The second-order valence-electron chi connectivity index (χ2n) is 4.07. The number of rotatable bonds is 4. The molecule has 0 N–H and O–H groups in total. The SMILES string of the molecule is O=S(=O)(C#CCOCc1ccccc1)c1ccccc1. The summed E-state index contributed by atoms with van der Waals surface area (Å²) in [5.74, 6) is 2.53. The molecule has 0 amide bonds. The van der Waals surface area contributed by atoms with E-state index in [1.165, 1.54) is 12.1 Å². The Morgan fingerprint density at radius 2 is 1.50 bits per heavy atom. The van der Waals surface area contributed by atoms with Gasteiger partial charge >= 0.3 is 0 Å². The van der Waals surface area contributed by atoms with Gasteiger partial charge in [0.05, 0.1) is 11.5 Å². The lowest BCUT2D eigenvalue weighted by atomic mass is 10.2. The molecule has 0 aliphatic heterocycles. The molecule has 0 fully saturated rings. The van der Waals surface area contributed by atoms with E-state index in [1.807, 2.05) is 30.3 Å². The molecule has 0 heterocycles. The average Bonchev–Trinajstić information content (AvgIpc) is 2.49. The van der Waals surface area contributed by atoms with Gasteiger partial charge in [-0.2, -0.15) is 0 Å². The lowest BCUT2D eigenvalue weighted by Gasteiger charge is -1.99. The van der Waals surface area contributed by atoms with Gasteiger partial charge in [-0.25, -0.2) is 8.42 Å². The summed E-state index contributed by atoms with van der Waals surface area (Å²) in [6, 6.07) is 17.8. The molecule has 0 aromatic heterocycles. The van der Waals surface area contributed by atoms with Crippen LogP contribution in [0.2, 0.25) is 0 Å². The van der Waals surface area contributed by atoms with E-state index in [2.05, 4.69) is 11.2 Å². The lowest BCUT2D eigenvalue weighted by molar-refractivity contribution is 0.153. The molecule has 2 aromatic carbocycles. The van der Waals surface area contributed by atoms with Crippen molar-refractivity contribution < 1.29 is 13.2 Å². The highest BCUT2D eigenvalue weighted by atomic mass is 32.2. The second kappa shape index (κ2) is 6.90. The van der Waals surface area contributed by atoms with Gasteiger partial charge in [-0.05, 0) is 17.7 Å². The monoisotopic (exact) mass is 286 g/mol. The van der Waals surface area contributed by atoms with Crippen LogP contribution in [0.25, 0.3) is 0 Å². The molecule has 0 aliphatic rings. The molecule has 0 unspecified atom stereocenters. The first-order valence-corrected chi connectivity index (χ1v) is 7.58. The topological polar surface area (TPSA) is 43.4 Å². The molecule has 3 nitrogen and oxygen atoms in total. The predicted octanol–water partition coefficient (Wildman–Crippen LogP) is 2.64. The molecule has 0 bridgehead atoms. The average molecular weight is 286 g/mol. The number of hydrogen-bond acceptors (Lipinski definition) is 3. The molecule has 4 heteroatoms. The normalized spacial score (nSPS) is 10.6.